The van der Waals surface area contributed by atoms with Crippen LogP contribution in [-0.4, -0.2) is 14.3 Å². The van der Waals surface area contributed by atoms with Gasteiger partial charge in [-0.2, -0.15) is 0 Å². The lowest BCUT2D eigenvalue weighted by Crippen LogP contribution is -2.15. The van der Waals surface area contributed by atoms with E-state index in [4.69, 9.17) is 11.5 Å². The van der Waals surface area contributed by atoms with Gasteiger partial charge in [0.15, 0.2) is 0 Å². The molecule has 21 heavy (non-hydrogen) atoms. The molecule has 0 fully saturated rings. The minimum Gasteiger partial charge on any atom is -0.399 e. The summed E-state index contributed by atoms with van der Waals surface area (Å²) in [5.41, 5.74) is 10.7. The van der Waals surface area contributed by atoms with Crippen LogP contribution in [0.4, 0.5) is 15.8 Å². The fourth-order valence-electron chi connectivity index (χ4n) is 1.62. The van der Waals surface area contributed by atoms with Crippen molar-refractivity contribution >= 4 is 27.3 Å². The van der Waals surface area contributed by atoms with Gasteiger partial charge in [0, 0.05) is 11.3 Å². The third-order valence-corrected chi connectivity index (χ3v) is 4.07. The molecule has 2 aromatic carbocycles. The zero-order chi connectivity index (χ0) is 15.6. The van der Waals surface area contributed by atoms with Crippen LogP contribution in [0.5, 0.6) is 0 Å². The van der Waals surface area contributed by atoms with Crippen molar-refractivity contribution in [2.45, 2.75) is 4.90 Å². The normalized spacial score (nSPS) is 11.1. The number of carbonyl (C=O) groups excluding carboxylic acids is 1. The SMILES string of the molecule is NC(=O)c1ccc(S(=O)(=O)Nc2cc(N)ccc2F)cc1. The number of hydrogen-bond donors (Lipinski definition) is 3. The van der Waals surface area contributed by atoms with Crippen LogP contribution in [0.3, 0.4) is 0 Å². The molecular weight excluding hydrogens is 297 g/mol. The smallest absolute Gasteiger partial charge is 0.261 e. The molecular formula is C13H12FN3O3S. The highest BCUT2D eigenvalue weighted by Crippen LogP contribution is 2.21. The predicted molar refractivity (Wildman–Crippen MR) is 76.6 cm³/mol. The minimum absolute atomic E-state index is 0.130. The van der Waals surface area contributed by atoms with Crippen molar-refractivity contribution in [1.82, 2.24) is 0 Å². The molecule has 6 nitrogen and oxygen atoms in total. The molecule has 0 bridgehead atoms. The number of carbonyl (C=O) groups is 1. The number of sulfonamides is 1. The van der Waals surface area contributed by atoms with E-state index >= 15 is 0 Å². The Kier molecular flexibility index (Phi) is 3.81. The number of nitrogens with two attached hydrogens (primary N) is 2. The van der Waals surface area contributed by atoms with Crippen LogP contribution < -0.4 is 16.2 Å². The first-order valence-corrected chi connectivity index (χ1v) is 7.25. The Morgan fingerprint density at radius 1 is 1.10 bits per heavy atom. The third kappa shape index (κ3) is 3.29. The number of primary amides is 1. The van der Waals surface area contributed by atoms with Crippen molar-refractivity contribution in [3.63, 3.8) is 0 Å². The lowest BCUT2D eigenvalue weighted by Gasteiger charge is -2.09. The Morgan fingerprint density at radius 3 is 2.29 bits per heavy atom. The highest BCUT2D eigenvalue weighted by molar-refractivity contribution is 7.92. The molecule has 0 aliphatic rings. The number of hydrogen-bond acceptors (Lipinski definition) is 4. The molecule has 0 saturated carbocycles. The van der Waals surface area contributed by atoms with Crippen molar-refractivity contribution < 1.29 is 17.6 Å². The quantitative estimate of drug-likeness (QED) is 0.738. The Balaban J connectivity index is 2.34. The molecule has 110 valence electrons. The number of nitrogen functional groups attached to an aromatic ring is 1. The number of halogens is 1. The van der Waals surface area contributed by atoms with E-state index in [1.165, 1.54) is 36.4 Å². The topological polar surface area (TPSA) is 115 Å². The summed E-state index contributed by atoms with van der Waals surface area (Å²) in [5.74, 6) is -1.42. The van der Waals surface area contributed by atoms with Gasteiger partial charge in [-0.3, -0.25) is 9.52 Å². The molecule has 5 N–H and O–H groups in total. The zero-order valence-corrected chi connectivity index (χ0v) is 11.5. The van der Waals surface area contributed by atoms with Crippen LogP contribution in [-0.2, 0) is 10.0 Å². The average Bonchev–Trinajstić information content (AvgIpc) is 2.43. The third-order valence-electron chi connectivity index (χ3n) is 2.68. The van der Waals surface area contributed by atoms with E-state index in [1.807, 2.05) is 0 Å². The first-order valence-electron chi connectivity index (χ1n) is 5.77. The Labute approximate surface area is 120 Å². The second-order valence-corrected chi connectivity index (χ2v) is 5.92. The summed E-state index contributed by atoms with van der Waals surface area (Å²) in [4.78, 5) is 10.8. The van der Waals surface area contributed by atoms with E-state index < -0.39 is 21.7 Å². The van der Waals surface area contributed by atoms with Gasteiger partial charge in [0.25, 0.3) is 10.0 Å². The van der Waals surface area contributed by atoms with Crippen LogP contribution >= 0.6 is 0 Å². The van der Waals surface area contributed by atoms with E-state index in [0.717, 1.165) is 6.07 Å². The van der Waals surface area contributed by atoms with Crippen LogP contribution in [0, 0.1) is 5.82 Å². The van der Waals surface area contributed by atoms with E-state index in [0.29, 0.717) is 0 Å². The first kappa shape index (κ1) is 14.8. The summed E-state index contributed by atoms with van der Waals surface area (Å²) in [6, 6.07) is 8.49. The lowest BCUT2D eigenvalue weighted by atomic mass is 10.2. The number of anilines is 2. The largest absolute Gasteiger partial charge is 0.399 e. The summed E-state index contributed by atoms with van der Waals surface area (Å²) in [6.45, 7) is 0. The molecule has 0 spiro atoms. The molecule has 2 rings (SSSR count). The van der Waals surface area contributed by atoms with Crippen LogP contribution in [0.1, 0.15) is 10.4 Å². The Morgan fingerprint density at radius 2 is 1.71 bits per heavy atom. The molecule has 0 aliphatic heterocycles. The number of amides is 1. The maximum absolute atomic E-state index is 13.5. The lowest BCUT2D eigenvalue weighted by molar-refractivity contribution is 0.1000. The fraction of sp³-hybridized carbons (Fsp3) is 0. The molecule has 0 saturated heterocycles. The van der Waals surface area contributed by atoms with Crippen molar-refractivity contribution in [3.05, 3.63) is 53.8 Å². The monoisotopic (exact) mass is 309 g/mol. The summed E-state index contributed by atoms with van der Waals surface area (Å²) >= 11 is 0. The standard InChI is InChI=1S/C13H12FN3O3S/c14-11-6-3-9(15)7-12(11)17-21(19,20)10-4-1-8(2-5-10)13(16)18/h1-7,17H,15H2,(H2,16,18). The summed E-state index contributed by atoms with van der Waals surface area (Å²) < 4.78 is 39.9. The predicted octanol–water partition coefficient (Wildman–Crippen LogP) is 1.31. The number of rotatable bonds is 4. The van der Waals surface area contributed by atoms with Crippen molar-refractivity contribution in [2.75, 3.05) is 10.5 Å². The van der Waals surface area contributed by atoms with Gasteiger partial charge in [-0.1, -0.05) is 0 Å². The van der Waals surface area contributed by atoms with Gasteiger partial charge >= 0.3 is 0 Å². The van der Waals surface area contributed by atoms with Crippen LogP contribution in [0.25, 0.3) is 0 Å². The molecule has 8 heteroatoms. The van der Waals surface area contributed by atoms with Crippen LogP contribution in [0.15, 0.2) is 47.4 Å². The first-order chi connectivity index (χ1) is 9.79. The van der Waals surface area contributed by atoms with Crippen molar-refractivity contribution in [2.24, 2.45) is 5.73 Å². The van der Waals surface area contributed by atoms with E-state index in [-0.39, 0.29) is 21.8 Å². The molecule has 0 unspecified atom stereocenters. The molecule has 2 aromatic rings. The van der Waals surface area contributed by atoms with Gasteiger partial charge in [0.1, 0.15) is 5.82 Å². The van der Waals surface area contributed by atoms with Gasteiger partial charge in [0.05, 0.1) is 10.6 Å². The molecule has 0 aliphatic carbocycles. The molecule has 0 atom stereocenters. The van der Waals surface area contributed by atoms with Gasteiger partial charge in [-0.05, 0) is 42.5 Å². The van der Waals surface area contributed by atoms with Crippen molar-refractivity contribution in [3.8, 4) is 0 Å². The minimum atomic E-state index is -3.99. The molecule has 0 aromatic heterocycles. The van der Waals surface area contributed by atoms with E-state index in [1.54, 1.807) is 0 Å². The highest BCUT2D eigenvalue weighted by Gasteiger charge is 2.16. The van der Waals surface area contributed by atoms with Gasteiger partial charge in [0.2, 0.25) is 5.91 Å². The highest BCUT2D eigenvalue weighted by atomic mass is 32.2. The summed E-state index contributed by atoms with van der Waals surface area (Å²) in [6.07, 6.45) is 0. The van der Waals surface area contributed by atoms with Gasteiger partial charge < -0.3 is 11.5 Å². The fourth-order valence-corrected chi connectivity index (χ4v) is 2.68. The van der Waals surface area contributed by atoms with Crippen molar-refractivity contribution in [1.29, 1.82) is 0 Å². The molecule has 0 heterocycles. The maximum atomic E-state index is 13.5. The molecule has 1 amide bonds. The van der Waals surface area contributed by atoms with Crippen LogP contribution in [0.2, 0.25) is 0 Å². The average molecular weight is 309 g/mol. The van der Waals surface area contributed by atoms with Gasteiger partial charge in [-0.15, -0.1) is 0 Å². The molecule has 0 radical (unpaired) electrons. The number of benzene rings is 2. The van der Waals surface area contributed by atoms with E-state index in [2.05, 4.69) is 4.72 Å². The Hall–Kier alpha value is -2.61. The second kappa shape index (κ2) is 5.41. The van der Waals surface area contributed by atoms with E-state index in [9.17, 15) is 17.6 Å². The summed E-state index contributed by atoms with van der Waals surface area (Å²) in [5, 5.41) is 0. The maximum Gasteiger partial charge on any atom is 0.261 e. The Bertz CT molecular complexity index is 789. The zero-order valence-electron chi connectivity index (χ0n) is 10.7. The summed E-state index contributed by atoms with van der Waals surface area (Å²) in [7, 11) is -3.99. The second-order valence-electron chi connectivity index (χ2n) is 4.23. The van der Waals surface area contributed by atoms with Gasteiger partial charge in [-0.25, -0.2) is 12.8 Å². The number of nitrogens with one attached hydrogen (secondary N) is 1.